The number of esters is 1. The Kier molecular flexibility index (Phi) is 5.25. The number of fused-ring (bicyclic) bond motifs is 1. The van der Waals surface area contributed by atoms with Gasteiger partial charge in [-0.25, -0.2) is 4.79 Å². The molecule has 1 aliphatic carbocycles. The summed E-state index contributed by atoms with van der Waals surface area (Å²) in [4.78, 5) is 12.4. The van der Waals surface area contributed by atoms with Crippen LogP contribution in [0.4, 0.5) is 0 Å². The van der Waals surface area contributed by atoms with Gasteiger partial charge in [0.1, 0.15) is 0 Å². The van der Waals surface area contributed by atoms with Crippen molar-refractivity contribution in [3.8, 4) is 0 Å². The first-order valence-electron chi connectivity index (χ1n) is 8.91. The number of methoxy groups -OCH3 is 1. The Balaban J connectivity index is 1.86. The maximum atomic E-state index is 12.4. The summed E-state index contributed by atoms with van der Waals surface area (Å²) in [5.41, 5.74) is 2.86. The number of carbonyl (C=O) groups is 1. The largest absolute Gasteiger partial charge is 0.461 e. The molecule has 134 valence electrons. The molecule has 0 atom stereocenters. The second-order valence-electron chi connectivity index (χ2n) is 7.22. The molecule has 6 heteroatoms. The van der Waals surface area contributed by atoms with Crippen LogP contribution in [-0.2, 0) is 27.4 Å². The third kappa shape index (κ3) is 3.35. The molecule has 0 radical (unpaired) electrons. The smallest absolute Gasteiger partial charge is 0.359 e. The zero-order valence-corrected chi connectivity index (χ0v) is 15.0. The molecule has 0 N–H and O–H groups in total. The number of hydrogen-bond acceptors (Lipinski definition) is 5. The third-order valence-corrected chi connectivity index (χ3v) is 5.35. The molecule has 1 fully saturated rings. The molecule has 0 aromatic carbocycles. The molecule has 0 unspecified atom stereocenters. The average Bonchev–Trinajstić information content (AvgIpc) is 2.95. The van der Waals surface area contributed by atoms with Crippen LogP contribution in [0.15, 0.2) is 0 Å². The van der Waals surface area contributed by atoms with Crippen LogP contribution in [0, 0.1) is 5.41 Å². The molecule has 3 rings (SSSR count). The molecule has 0 saturated heterocycles. The van der Waals surface area contributed by atoms with E-state index in [-0.39, 0.29) is 11.4 Å². The van der Waals surface area contributed by atoms with Crippen LogP contribution in [0.25, 0.3) is 0 Å². The number of ether oxygens (including phenoxy) is 3. The van der Waals surface area contributed by atoms with Crippen molar-refractivity contribution in [2.45, 2.75) is 58.6 Å². The van der Waals surface area contributed by atoms with Gasteiger partial charge in [-0.05, 0) is 43.9 Å². The Labute approximate surface area is 143 Å². The Bertz CT molecular complexity index is 588. The Morgan fingerprint density at radius 1 is 1.42 bits per heavy atom. The van der Waals surface area contributed by atoms with Crippen molar-refractivity contribution in [1.29, 1.82) is 0 Å². The van der Waals surface area contributed by atoms with Gasteiger partial charge < -0.3 is 14.2 Å². The predicted molar refractivity (Wildman–Crippen MR) is 89.0 cm³/mol. The zero-order valence-electron chi connectivity index (χ0n) is 15.0. The molecule has 0 spiro atoms. The SMILES string of the molecule is CCOC(=O)c1nn2c(c1C1CCC(C)(COC)CC1)COCC2. The molecule has 0 amide bonds. The van der Waals surface area contributed by atoms with E-state index in [0.717, 1.165) is 43.5 Å². The number of nitrogens with zero attached hydrogens (tertiary/aromatic N) is 2. The molecule has 1 aromatic heterocycles. The first-order chi connectivity index (χ1) is 11.6. The second kappa shape index (κ2) is 7.23. The van der Waals surface area contributed by atoms with Gasteiger partial charge in [0, 0.05) is 12.7 Å². The standard InChI is InChI=1S/C18H28N2O4/c1-4-24-17(21)16-15(14-11-23-10-9-20(14)19-16)13-5-7-18(2,8-6-13)12-22-3/h13H,4-12H2,1-3H3. The van der Waals surface area contributed by atoms with Crippen molar-refractivity contribution in [1.82, 2.24) is 9.78 Å². The lowest BCUT2D eigenvalue weighted by Gasteiger charge is -2.37. The maximum Gasteiger partial charge on any atom is 0.359 e. The number of hydrogen-bond donors (Lipinski definition) is 0. The molecule has 6 nitrogen and oxygen atoms in total. The molecule has 0 bridgehead atoms. The van der Waals surface area contributed by atoms with Gasteiger partial charge in [0.15, 0.2) is 5.69 Å². The van der Waals surface area contributed by atoms with Crippen LogP contribution in [0.2, 0.25) is 0 Å². The summed E-state index contributed by atoms with van der Waals surface area (Å²) >= 11 is 0. The van der Waals surface area contributed by atoms with Gasteiger partial charge in [-0.1, -0.05) is 6.92 Å². The first-order valence-corrected chi connectivity index (χ1v) is 8.91. The van der Waals surface area contributed by atoms with Gasteiger partial charge in [0.25, 0.3) is 0 Å². The van der Waals surface area contributed by atoms with E-state index in [1.807, 2.05) is 11.6 Å². The minimum absolute atomic E-state index is 0.235. The van der Waals surface area contributed by atoms with E-state index < -0.39 is 0 Å². The van der Waals surface area contributed by atoms with Crippen molar-refractivity contribution >= 4 is 5.97 Å². The van der Waals surface area contributed by atoms with Crippen molar-refractivity contribution in [3.63, 3.8) is 0 Å². The first kappa shape index (κ1) is 17.4. The lowest BCUT2D eigenvalue weighted by Crippen LogP contribution is -2.29. The highest BCUT2D eigenvalue weighted by Gasteiger charge is 2.37. The van der Waals surface area contributed by atoms with Crippen LogP contribution < -0.4 is 0 Å². The Morgan fingerprint density at radius 2 is 2.17 bits per heavy atom. The van der Waals surface area contributed by atoms with Crippen LogP contribution in [-0.4, -0.2) is 42.7 Å². The highest BCUT2D eigenvalue weighted by Crippen LogP contribution is 2.45. The topological polar surface area (TPSA) is 62.6 Å². The monoisotopic (exact) mass is 336 g/mol. The summed E-state index contributed by atoms with van der Waals surface area (Å²) in [5.74, 6) is 0.0411. The number of aromatic nitrogens is 2. The quantitative estimate of drug-likeness (QED) is 0.774. The molecule has 2 aliphatic rings. The summed E-state index contributed by atoms with van der Waals surface area (Å²) in [7, 11) is 1.77. The second-order valence-corrected chi connectivity index (χ2v) is 7.22. The molecule has 2 heterocycles. The van der Waals surface area contributed by atoms with E-state index in [9.17, 15) is 4.79 Å². The van der Waals surface area contributed by atoms with Gasteiger partial charge in [-0.3, -0.25) is 4.68 Å². The highest BCUT2D eigenvalue weighted by molar-refractivity contribution is 5.89. The lowest BCUT2D eigenvalue weighted by atomic mass is 9.70. The number of rotatable bonds is 5. The maximum absolute atomic E-state index is 12.4. The molecule has 1 aliphatic heterocycles. The fourth-order valence-electron chi connectivity index (χ4n) is 4.04. The van der Waals surface area contributed by atoms with Crippen LogP contribution in [0.3, 0.4) is 0 Å². The van der Waals surface area contributed by atoms with Gasteiger partial charge >= 0.3 is 5.97 Å². The number of carbonyl (C=O) groups excluding carboxylic acids is 1. The molecule has 1 aromatic rings. The Morgan fingerprint density at radius 3 is 2.83 bits per heavy atom. The van der Waals surface area contributed by atoms with Crippen molar-refractivity contribution in [3.05, 3.63) is 17.0 Å². The zero-order chi connectivity index (χ0) is 17.2. The van der Waals surface area contributed by atoms with Gasteiger partial charge in [0.2, 0.25) is 0 Å². The Hall–Kier alpha value is -1.40. The lowest BCUT2D eigenvalue weighted by molar-refractivity contribution is 0.0507. The third-order valence-electron chi connectivity index (χ3n) is 5.35. The van der Waals surface area contributed by atoms with Gasteiger partial charge in [-0.15, -0.1) is 0 Å². The summed E-state index contributed by atoms with van der Waals surface area (Å²) in [6.45, 7) is 7.16. The van der Waals surface area contributed by atoms with Crippen LogP contribution in [0.1, 0.15) is 67.2 Å². The van der Waals surface area contributed by atoms with Crippen molar-refractivity contribution < 1.29 is 19.0 Å². The normalized spacial score (nSPS) is 26.9. The fraction of sp³-hybridized carbons (Fsp3) is 0.778. The molecular weight excluding hydrogens is 308 g/mol. The summed E-state index contributed by atoms with van der Waals surface area (Å²) < 4.78 is 18.2. The highest BCUT2D eigenvalue weighted by atomic mass is 16.5. The van der Waals surface area contributed by atoms with Gasteiger partial charge in [-0.2, -0.15) is 5.10 Å². The predicted octanol–water partition coefficient (Wildman–Crippen LogP) is 2.90. The van der Waals surface area contributed by atoms with E-state index in [2.05, 4.69) is 12.0 Å². The summed E-state index contributed by atoms with van der Waals surface area (Å²) in [6, 6.07) is 0. The van der Waals surface area contributed by atoms with E-state index in [1.165, 1.54) is 0 Å². The van der Waals surface area contributed by atoms with E-state index >= 15 is 0 Å². The summed E-state index contributed by atoms with van der Waals surface area (Å²) in [5, 5.41) is 4.55. The van der Waals surface area contributed by atoms with Crippen LogP contribution in [0.5, 0.6) is 0 Å². The van der Waals surface area contributed by atoms with Crippen LogP contribution >= 0.6 is 0 Å². The van der Waals surface area contributed by atoms with E-state index in [4.69, 9.17) is 14.2 Å². The molecule has 24 heavy (non-hydrogen) atoms. The van der Waals surface area contributed by atoms with Gasteiger partial charge in [0.05, 0.1) is 38.7 Å². The van der Waals surface area contributed by atoms with E-state index in [0.29, 0.717) is 38.0 Å². The summed E-state index contributed by atoms with van der Waals surface area (Å²) in [6.07, 6.45) is 4.29. The van der Waals surface area contributed by atoms with Crippen molar-refractivity contribution in [2.75, 3.05) is 26.9 Å². The average molecular weight is 336 g/mol. The molecular formula is C18H28N2O4. The van der Waals surface area contributed by atoms with E-state index in [1.54, 1.807) is 7.11 Å². The minimum Gasteiger partial charge on any atom is -0.461 e. The fourth-order valence-corrected chi connectivity index (χ4v) is 4.04. The minimum atomic E-state index is -0.306. The molecule has 1 saturated carbocycles. The van der Waals surface area contributed by atoms with Crippen molar-refractivity contribution in [2.24, 2.45) is 5.41 Å².